The minimum atomic E-state index is -0.558. The Bertz CT molecular complexity index is 1780. The maximum atomic E-state index is 15.1. The third-order valence-corrected chi connectivity index (χ3v) is 11.3. The van der Waals surface area contributed by atoms with Crippen LogP contribution < -0.4 is 10.6 Å². The molecule has 2 aromatic carbocycles. The van der Waals surface area contributed by atoms with Gasteiger partial charge in [-0.2, -0.15) is 0 Å². The highest BCUT2D eigenvalue weighted by atomic mass is 35.5. The third-order valence-electron chi connectivity index (χ3n) is 11.3. The number of halogens is 2. The molecule has 4 aromatic rings. The number of hydrogen-bond donors (Lipinski definition) is 4. The number of amides is 2. The van der Waals surface area contributed by atoms with Crippen molar-refractivity contribution in [1.82, 2.24) is 30.1 Å². The first-order chi connectivity index (χ1) is 23.7. The van der Waals surface area contributed by atoms with Crippen LogP contribution in [0.5, 0.6) is 0 Å². The van der Waals surface area contributed by atoms with Gasteiger partial charge in [0.25, 0.3) is 0 Å². The molecule has 2 atom stereocenters. The molecule has 3 aliphatic heterocycles. The number of piperidine rings is 2. The summed E-state index contributed by atoms with van der Waals surface area (Å²) in [6.07, 6.45) is 8.11. The highest BCUT2D eigenvalue weighted by molar-refractivity contribution is 5.97. The molecule has 268 valence electrons. The number of benzene rings is 2. The molecule has 3 fully saturated rings. The number of fused-ring (bicyclic) bond motifs is 1. The van der Waals surface area contributed by atoms with Crippen LogP contribution in [0.2, 0.25) is 0 Å². The van der Waals surface area contributed by atoms with E-state index >= 15 is 4.39 Å². The fraction of sp³-hybridized carbons (Fsp3) is 0.513. The standard InChI is InChI=1S/C39H50FN7O2.ClH/c1-25(2)18-29-22-47(23-35(29)48)38(49)45-33-20-30(40)19-31(26(33)3)36-32-21-34(44-37(32)43-24-42-36)28-6-4-27(5-7-28)8-15-46-16-11-39(12-17-46)9-13-41-14-10-39;/h4-7,19-21,24-25,29,35,41,48H,8-18,22-23H2,1-3H3,(H,45,49)(H,42,43,44);1H. The Morgan fingerprint density at radius 2 is 1.80 bits per heavy atom. The predicted molar refractivity (Wildman–Crippen MR) is 200 cm³/mol. The van der Waals surface area contributed by atoms with Gasteiger partial charge in [-0.15, -0.1) is 12.4 Å². The van der Waals surface area contributed by atoms with Crippen molar-refractivity contribution < 1.29 is 14.3 Å². The maximum absolute atomic E-state index is 15.1. The summed E-state index contributed by atoms with van der Waals surface area (Å²) in [4.78, 5) is 30.0. The fourth-order valence-corrected chi connectivity index (χ4v) is 8.26. The molecule has 5 heterocycles. The maximum Gasteiger partial charge on any atom is 0.321 e. The van der Waals surface area contributed by atoms with E-state index in [4.69, 9.17) is 0 Å². The zero-order valence-corrected chi connectivity index (χ0v) is 30.3. The number of β-amino-alcohol motifs (C(OH)–C–C–N with tert-alkyl or cyclic N) is 1. The molecule has 3 saturated heterocycles. The van der Waals surface area contributed by atoms with E-state index in [0.717, 1.165) is 36.0 Å². The second-order valence-electron chi connectivity index (χ2n) is 15.1. The molecule has 0 radical (unpaired) electrons. The van der Waals surface area contributed by atoms with Gasteiger partial charge in [0, 0.05) is 47.9 Å². The highest BCUT2D eigenvalue weighted by Crippen LogP contribution is 2.40. The van der Waals surface area contributed by atoms with Crippen molar-refractivity contribution in [2.45, 2.75) is 65.4 Å². The monoisotopic (exact) mass is 703 g/mol. The summed E-state index contributed by atoms with van der Waals surface area (Å²) >= 11 is 0. The summed E-state index contributed by atoms with van der Waals surface area (Å²) in [6, 6.07) is 13.2. The number of aromatic amines is 1. The number of nitrogens with one attached hydrogen (secondary N) is 3. The Morgan fingerprint density at radius 3 is 2.52 bits per heavy atom. The lowest BCUT2D eigenvalue weighted by Crippen LogP contribution is -2.45. The number of aliphatic hydroxyl groups is 1. The lowest BCUT2D eigenvalue weighted by atomic mass is 9.71. The Morgan fingerprint density at radius 1 is 1.06 bits per heavy atom. The number of aliphatic hydroxyl groups excluding tert-OH is 1. The molecule has 2 unspecified atom stereocenters. The van der Waals surface area contributed by atoms with Crippen molar-refractivity contribution in [2.24, 2.45) is 17.3 Å². The molecule has 3 aliphatic rings. The molecule has 2 aromatic heterocycles. The number of carbonyl (C=O) groups is 1. The van der Waals surface area contributed by atoms with Crippen molar-refractivity contribution in [3.63, 3.8) is 0 Å². The van der Waals surface area contributed by atoms with Crippen LogP contribution in [0.15, 0.2) is 48.8 Å². The third kappa shape index (κ3) is 7.83. The number of aromatic nitrogens is 3. The van der Waals surface area contributed by atoms with Crippen molar-refractivity contribution in [1.29, 1.82) is 0 Å². The van der Waals surface area contributed by atoms with Crippen molar-refractivity contribution >= 4 is 35.2 Å². The molecule has 50 heavy (non-hydrogen) atoms. The van der Waals surface area contributed by atoms with E-state index in [0.29, 0.717) is 46.0 Å². The number of hydrogen-bond acceptors (Lipinski definition) is 6. The van der Waals surface area contributed by atoms with E-state index in [1.54, 1.807) is 4.90 Å². The lowest BCUT2D eigenvalue weighted by Gasteiger charge is -2.44. The number of likely N-dealkylation sites (tertiary alicyclic amines) is 2. The molecule has 7 rings (SSSR count). The minimum Gasteiger partial charge on any atom is -0.391 e. The van der Waals surface area contributed by atoms with E-state index in [-0.39, 0.29) is 30.9 Å². The van der Waals surface area contributed by atoms with Gasteiger partial charge in [0.15, 0.2) is 0 Å². The number of anilines is 1. The van der Waals surface area contributed by atoms with E-state index in [1.807, 2.05) is 13.0 Å². The van der Waals surface area contributed by atoms with Gasteiger partial charge < -0.3 is 30.5 Å². The smallest absolute Gasteiger partial charge is 0.321 e. The van der Waals surface area contributed by atoms with Crippen molar-refractivity contribution in [2.75, 3.05) is 51.1 Å². The van der Waals surface area contributed by atoms with Gasteiger partial charge in [-0.3, -0.25) is 0 Å². The van der Waals surface area contributed by atoms with Crippen molar-refractivity contribution in [3.05, 3.63) is 65.7 Å². The van der Waals surface area contributed by atoms with Crippen LogP contribution in [0, 0.1) is 30.0 Å². The first kappa shape index (κ1) is 36.2. The molecule has 0 saturated carbocycles. The molecular weight excluding hydrogens is 653 g/mol. The lowest BCUT2D eigenvalue weighted by molar-refractivity contribution is 0.0746. The van der Waals surface area contributed by atoms with E-state index in [2.05, 4.69) is 68.6 Å². The number of nitrogens with zero attached hydrogens (tertiary/aromatic N) is 4. The first-order valence-electron chi connectivity index (χ1n) is 18.1. The van der Waals surface area contributed by atoms with Gasteiger partial charge in [-0.25, -0.2) is 19.2 Å². The molecular formula is C39H51ClFN7O2. The summed E-state index contributed by atoms with van der Waals surface area (Å²) in [5, 5.41) is 17.7. The summed E-state index contributed by atoms with van der Waals surface area (Å²) in [5.74, 6) is -0.00542. The van der Waals surface area contributed by atoms with Gasteiger partial charge >= 0.3 is 6.03 Å². The molecule has 1 spiro atoms. The van der Waals surface area contributed by atoms with E-state index < -0.39 is 11.9 Å². The molecule has 0 bridgehead atoms. The Kier molecular flexibility index (Phi) is 11.1. The van der Waals surface area contributed by atoms with Gasteiger partial charge in [0.1, 0.15) is 17.8 Å². The van der Waals surface area contributed by atoms with Crippen LogP contribution in [-0.4, -0.2) is 87.8 Å². The summed E-state index contributed by atoms with van der Waals surface area (Å²) in [5.41, 5.74) is 6.81. The van der Waals surface area contributed by atoms with E-state index in [1.165, 1.54) is 75.9 Å². The largest absolute Gasteiger partial charge is 0.391 e. The average molecular weight is 704 g/mol. The van der Waals surface area contributed by atoms with Crippen LogP contribution in [0.3, 0.4) is 0 Å². The van der Waals surface area contributed by atoms with Crippen LogP contribution in [0.4, 0.5) is 14.9 Å². The fourth-order valence-electron chi connectivity index (χ4n) is 8.26. The Balaban J connectivity index is 0.00000432. The zero-order valence-electron chi connectivity index (χ0n) is 29.5. The van der Waals surface area contributed by atoms with Crippen LogP contribution in [0.1, 0.15) is 57.1 Å². The molecule has 11 heteroatoms. The van der Waals surface area contributed by atoms with Crippen molar-refractivity contribution in [3.8, 4) is 22.5 Å². The van der Waals surface area contributed by atoms with Gasteiger partial charge in [-0.05, 0) is 118 Å². The van der Waals surface area contributed by atoms with E-state index in [9.17, 15) is 9.90 Å². The quantitative estimate of drug-likeness (QED) is 0.157. The van der Waals surface area contributed by atoms with Crippen LogP contribution in [0.25, 0.3) is 33.5 Å². The van der Waals surface area contributed by atoms with Gasteiger partial charge in [0.05, 0.1) is 11.8 Å². The van der Waals surface area contributed by atoms with Crippen LogP contribution in [-0.2, 0) is 6.42 Å². The average Bonchev–Trinajstić information content (AvgIpc) is 3.70. The van der Waals surface area contributed by atoms with Gasteiger partial charge in [-0.1, -0.05) is 38.1 Å². The second-order valence-corrected chi connectivity index (χ2v) is 15.1. The number of rotatable bonds is 8. The molecule has 0 aliphatic carbocycles. The number of H-pyrrole nitrogens is 1. The molecule has 4 N–H and O–H groups in total. The van der Waals surface area contributed by atoms with Gasteiger partial charge in [0.2, 0.25) is 0 Å². The summed E-state index contributed by atoms with van der Waals surface area (Å²) < 4.78 is 15.1. The Hall–Kier alpha value is -3.57. The number of urea groups is 1. The van der Waals surface area contributed by atoms with Crippen LogP contribution >= 0.6 is 12.4 Å². The minimum absolute atomic E-state index is 0. The zero-order chi connectivity index (χ0) is 34.1. The Labute approximate surface area is 300 Å². The normalized spacial score (nSPS) is 20.8. The highest BCUT2D eigenvalue weighted by Gasteiger charge is 2.36. The summed E-state index contributed by atoms with van der Waals surface area (Å²) in [7, 11) is 0. The predicted octanol–water partition coefficient (Wildman–Crippen LogP) is 7.04. The topological polar surface area (TPSA) is 109 Å². The molecule has 9 nitrogen and oxygen atoms in total. The SMILES string of the molecule is Cc1c(NC(=O)N2CC(O)C(CC(C)C)C2)cc(F)cc1-c1ncnc2[nH]c(-c3ccc(CCN4CCC5(CCNCC5)CC4)cc3)cc12.Cl. The second kappa shape index (κ2) is 15.4. The molecule has 2 amide bonds. The first-order valence-corrected chi connectivity index (χ1v) is 18.1. The summed E-state index contributed by atoms with van der Waals surface area (Å²) in [6.45, 7) is 12.7. The number of carbonyl (C=O) groups excluding carboxylic acids is 1.